The van der Waals surface area contributed by atoms with Crippen LogP contribution in [0.4, 0.5) is 0 Å². The summed E-state index contributed by atoms with van der Waals surface area (Å²) in [6, 6.07) is 13.5. The lowest BCUT2D eigenvalue weighted by molar-refractivity contribution is -0.126. The molecule has 0 aliphatic carbocycles. The normalized spacial score (nSPS) is 15.8. The molecule has 1 amide bonds. The summed E-state index contributed by atoms with van der Waals surface area (Å²) < 4.78 is 38.6. The van der Waals surface area contributed by atoms with Gasteiger partial charge in [-0.25, -0.2) is 8.42 Å². The molecular formula is C24H27N3O5S. The van der Waals surface area contributed by atoms with E-state index in [0.717, 1.165) is 6.42 Å². The van der Waals surface area contributed by atoms with Crippen molar-refractivity contribution in [3.05, 3.63) is 71.5 Å². The van der Waals surface area contributed by atoms with E-state index in [2.05, 4.69) is 10.5 Å². The number of carbonyl (C=O) groups excluding carboxylic acids is 1. The SMILES string of the molecule is Cc1noc(/C=C/c2ccco2)c1S(=O)(=O)N1CCC(C(=O)NCCc2ccccc2)CC1. The van der Waals surface area contributed by atoms with Crippen molar-refractivity contribution < 1.29 is 22.2 Å². The molecule has 1 saturated heterocycles. The maximum Gasteiger partial charge on any atom is 0.248 e. The number of piperidine rings is 1. The second kappa shape index (κ2) is 10.2. The fourth-order valence-electron chi connectivity index (χ4n) is 3.95. The number of hydrogen-bond donors (Lipinski definition) is 1. The standard InChI is InChI=1S/C24H27N3O5S/c1-18-23(22(32-26-18)10-9-21-8-5-17-31-21)33(29,30)27-15-12-20(13-16-27)24(28)25-14-11-19-6-3-2-4-7-19/h2-10,17,20H,11-16H2,1H3,(H,25,28)/b10-9+. The molecule has 0 spiro atoms. The van der Waals surface area contributed by atoms with Gasteiger partial charge >= 0.3 is 0 Å². The first kappa shape index (κ1) is 23.0. The Labute approximate surface area is 193 Å². The topological polar surface area (TPSA) is 106 Å². The smallest absolute Gasteiger partial charge is 0.248 e. The third kappa shape index (κ3) is 5.43. The summed E-state index contributed by atoms with van der Waals surface area (Å²) in [7, 11) is -3.81. The lowest BCUT2D eigenvalue weighted by Gasteiger charge is -2.30. The van der Waals surface area contributed by atoms with Crippen molar-refractivity contribution in [2.75, 3.05) is 19.6 Å². The van der Waals surface area contributed by atoms with E-state index >= 15 is 0 Å². The number of aromatic nitrogens is 1. The Hall–Kier alpha value is -3.17. The van der Waals surface area contributed by atoms with Gasteiger partial charge in [-0.15, -0.1) is 0 Å². The molecule has 33 heavy (non-hydrogen) atoms. The van der Waals surface area contributed by atoms with Crippen molar-refractivity contribution in [3.63, 3.8) is 0 Å². The highest BCUT2D eigenvalue weighted by atomic mass is 32.2. The summed E-state index contributed by atoms with van der Waals surface area (Å²) in [5.74, 6) is 0.511. The molecule has 9 heteroatoms. The third-order valence-corrected chi connectivity index (χ3v) is 7.81. The van der Waals surface area contributed by atoms with Crippen molar-refractivity contribution in [1.29, 1.82) is 0 Å². The fraction of sp³-hybridized carbons (Fsp3) is 0.333. The van der Waals surface area contributed by atoms with Crippen LogP contribution >= 0.6 is 0 Å². The van der Waals surface area contributed by atoms with E-state index in [9.17, 15) is 13.2 Å². The Morgan fingerprint density at radius 3 is 2.61 bits per heavy atom. The van der Waals surface area contributed by atoms with E-state index in [1.165, 1.54) is 16.1 Å². The summed E-state index contributed by atoms with van der Waals surface area (Å²) in [5, 5.41) is 6.83. The van der Waals surface area contributed by atoms with Crippen LogP contribution in [0.5, 0.6) is 0 Å². The van der Waals surface area contributed by atoms with Gasteiger partial charge in [-0.2, -0.15) is 4.31 Å². The average Bonchev–Trinajstić information content (AvgIpc) is 3.48. The van der Waals surface area contributed by atoms with Gasteiger partial charge in [-0.3, -0.25) is 4.79 Å². The highest BCUT2D eigenvalue weighted by Crippen LogP contribution is 2.29. The monoisotopic (exact) mass is 469 g/mol. The number of rotatable bonds is 8. The molecule has 0 unspecified atom stereocenters. The van der Waals surface area contributed by atoms with Crippen LogP contribution in [-0.4, -0.2) is 43.4 Å². The zero-order valence-corrected chi connectivity index (χ0v) is 19.3. The van der Waals surface area contributed by atoms with Crippen LogP contribution in [0.2, 0.25) is 0 Å². The molecular weight excluding hydrogens is 442 g/mol. The van der Waals surface area contributed by atoms with Gasteiger partial charge in [0, 0.05) is 25.6 Å². The van der Waals surface area contributed by atoms with E-state index < -0.39 is 10.0 Å². The molecule has 8 nitrogen and oxygen atoms in total. The highest BCUT2D eigenvalue weighted by molar-refractivity contribution is 7.89. The van der Waals surface area contributed by atoms with E-state index in [-0.39, 0.29) is 35.6 Å². The lowest BCUT2D eigenvalue weighted by Crippen LogP contribution is -2.43. The lowest BCUT2D eigenvalue weighted by atomic mass is 9.97. The molecule has 4 rings (SSSR count). The quantitative estimate of drug-likeness (QED) is 0.541. The van der Waals surface area contributed by atoms with Crippen molar-refractivity contribution >= 4 is 28.1 Å². The largest absolute Gasteiger partial charge is 0.465 e. The summed E-state index contributed by atoms with van der Waals surface area (Å²) in [6.45, 7) is 2.70. The molecule has 3 aromatic rings. The highest BCUT2D eigenvalue weighted by Gasteiger charge is 2.35. The number of sulfonamides is 1. The maximum atomic E-state index is 13.3. The summed E-state index contributed by atoms with van der Waals surface area (Å²) in [5.41, 5.74) is 1.47. The Morgan fingerprint density at radius 1 is 1.15 bits per heavy atom. The molecule has 1 fully saturated rings. The summed E-state index contributed by atoms with van der Waals surface area (Å²) in [4.78, 5) is 12.6. The van der Waals surface area contributed by atoms with Crippen molar-refractivity contribution in [3.8, 4) is 0 Å². The van der Waals surface area contributed by atoms with Crippen LogP contribution in [0.3, 0.4) is 0 Å². The van der Waals surface area contributed by atoms with E-state index in [1.807, 2.05) is 30.3 Å². The molecule has 1 N–H and O–H groups in total. The second-order valence-electron chi connectivity index (χ2n) is 8.02. The number of amides is 1. The van der Waals surface area contributed by atoms with Crippen molar-refractivity contribution in [2.24, 2.45) is 5.92 Å². The van der Waals surface area contributed by atoms with Gasteiger partial charge in [-0.05, 0) is 56.0 Å². The Bertz CT molecular complexity index is 1190. The first-order valence-electron chi connectivity index (χ1n) is 10.9. The summed E-state index contributed by atoms with van der Waals surface area (Å²) >= 11 is 0. The molecule has 1 aromatic carbocycles. The van der Waals surface area contributed by atoms with Gasteiger partial charge in [-0.1, -0.05) is 35.5 Å². The number of hydrogen-bond acceptors (Lipinski definition) is 6. The molecule has 1 aliphatic heterocycles. The van der Waals surface area contributed by atoms with Gasteiger partial charge in [0.15, 0.2) is 10.7 Å². The van der Waals surface area contributed by atoms with Gasteiger partial charge in [0.1, 0.15) is 11.5 Å². The zero-order valence-electron chi connectivity index (χ0n) is 18.4. The fourth-order valence-corrected chi connectivity index (χ4v) is 5.67. The number of carbonyl (C=O) groups is 1. The van der Waals surface area contributed by atoms with E-state index in [1.54, 1.807) is 31.2 Å². The number of aryl methyl sites for hydroxylation is 1. The summed E-state index contributed by atoms with van der Waals surface area (Å²) in [6.07, 6.45) is 6.41. The number of furan rings is 1. The van der Waals surface area contributed by atoms with Gasteiger partial charge < -0.3 is 14.3 Å². The van der Waals surface area contributed by atoms with Gasteiger partial charge in [0.2, 0.25) is 15.9 Å². The minimum atomic E-state index is -3.81. The first-order chi connectivity index (χ1) is 15.9. The molecule has 0 atom stereocenters. The number of benzene rings is 1. The third-order valence-electron chi connectivity index (χ3n) is 5.75. The van der Waals surface area contributed by atoms with Crippen LogP contribution in [-0.2, 0) is 21.2 Å². The van der Waals surface area contributed by atoms with Gasteiger partial charge in [0.05, 0.1) is 6.26 Å². The van der Waals surface area contributed by atoms with Crippen molar-refractivity contribution in [1.82, 2.24) is 14.8 Å². The zero-order chi connectivity index (χ0) is 23.3. The number of nitrogens with zero attached hydrogens (tertiary/aromatic N) is 2. The van der Waals surface area contributed by atoms with Crippen molar-refractivity contribution in [2.45, 2.75) is 31.1 Å². The minimum Gasteiger partial charge on any atom is -0.465 e. The molecule has 2 aromatic heterocycles. The van der Waals surface area contributed by atoms with E-state index in [0.29, 0.717) is 30.8 Å². The van der Waals surface area contributed by atoms with Crippen LogP contribution < -0.4 is 5.32 Å². The Balaban J connectivity index is 1.35. The molecule has 0 bridgehead atoms. The second-order valence-corrected chi connectivity index (χ2v) is 9.89. The van der Waals surface area contributed by atoms with Crippen LogP contribution in [0.25, 0.3) is 12.2 Å². The number of nitrogens with one attached hydrogen (secondary N) is 1. The predicted octanol–water partition coefficient (Wildman–Crippen LogP) is 3.51. The molecule has 0 radical (unpaired) electrons. The van der Waals surface area contributed by atoms with Gasteiger partial charge in [0.25, 0.3) is 0 Å². The van der Waals surface area contributed by atoms with Crippen LogP contribution in [0, 0.1) is 12.8 Å². The molecule has 3 heterocycles. The molecule has 1 aliphatic rings. The predicted molar refractivity (Wildman–Crippen MR) is 124 cm³/mol. The molecule has 174 valence electrons. The van der Waals surface area contributed by atoms with Crippen LogP contribution in [0.1, 0.15) is 35.6 Å². The molecule has 0 saturated carbocycles. The van der Waals surface area contributed by atoms with Crippen LogP contribution in [0.15, 0.2) is 62.6 Å². The first-order valence-corrected chi connectivity index (χ1v) is 12.4. The Morgan fingerprint density at radius 2 is 1.91 bits per heavy atom. The minimum absolute atomic E-state index is 0.0220. The van der Waals surface area contributed by atoms with E-state index in [4.69, 9.17) is 8.94 Å². The Kier molecular flexibility index (Phi) is 7.10. The maximum absolute atomic E-state index is 13.3. The average molecular weight is 470 g/mol.